The van der Waals surface area contributed by atoms with E-state index < -0.39 is 11.8 Å². The predicted octanol–water partition coefficient (Wildman–Crippen LogP) is 1.53. The van der Waals surface area contributed by atoms with Crippen LogP contribution in [0.25, 0.3) is 0 Å². The van der Waals surface area contributed by atoms with Gasteiger partial charge >= 0.3 is 11.8 Å². The van der Waals surface area contributed by atoms with Crippen molar-refractivity contribution >= 4 is 17.7 Å². The number of rotatable bonds is 5. The van der Waals surface area contributed by atoms with Gasteiger partial charge in [0.05, 0.1) is 12.1 Å². The zero-order chi connectivity index (χ0) is 21.5. The third-order valence-electron chi connectivity index (χ3n) is 5.73. The summed E-state index contributed by atoms with van der Waals surface area (Å²) in [6, 6.07) is 5.70. The zero-order valence-corrected chi connectivity index (χ0v) is 16.9. The number of amides is 3. The van der Waals surface area contributed by atoms with Crippen molar-refractivity contribution in [3.63, 3.8) is 0 Å². The highest BCUT2D eigenvalue weighted by Gasteiger charge is 2.37. The molecule has 3 rings (SSSR count). The molecule has 2 heterocycles. The van der Waals surface area contributed by atoms with Gasteiger partial charge in [0.15, 0.2) is 0 Å². The maximum Gasteiger partial charge on any atom is 0.311 e. The number of nitrogens with zero attached hydrogens (tertiary/aromatic N) is 1. The molecule has 0 radical (unpaired) electrons. The van der Waals surface area contributed by atoms with E-state index in [0.29, 0.717) is 32.5 Å². The number of carbonyl (C=O) groups is 3. The van der Waals surface area contributed by atoms with Crippen LogP contribution in [0.1, 0.15) is 31.2 Å². The fourth-order valence-electron chi connectivity index (χ4n) is 4.10. The lowest BCUT2D eigenvalue weighted by atomic mass is 9.84. The van der Waals surface area contributed by atoms with Crippen molar-refractivity contribution in [3.05, 3.63) is 48.3 Å². The van der Waals surface area contributed by atoms with E-state index >= 15 is 0 Å². The molecule has 7 nitrogen and oxygen atoms in total. The molecule has 30 heavy (non-hydrogen) atoms. The molecule has 2 N–H and O–H groups in total. The minimum absolute atomic E-state index is 0.0597. The summed E-state index contributed by atoms with van der Waals surface area (Å²) in [6.07, 6.45) is 4.34. The van der Waals surface area contributed by atoms with E-state index in [9.17, 15) is 18.8 Å². The van der Waals surface area contributed by atoms with Crippen molar-refractivity contribution < 1.29 is 23.5 Å². The van der Waals surface area contributed by atoms with E-state index in [1.165, 1.54) is 18.2 Å². The first-order chi connectivity index (χ1) is 14.5. The van der Waals surface area contributed by atoms with Crippen LogP contribution >= 0.6 is 0 Å². The number of ether oxygens (including phenoxy) is 1. The molecule has 2 atom stereocenters. The number of likely N-dealkylation sites (tertiary alicyclic amines) is 1. The maximum atomic E-state index is 12.9. The van der Waals surface area contributed by atoms with Gasteiger partial charge in [0, 0.05) is 26.2 Å². The normalized spacial score (nSPS) is 22.2. The molecule has 2 aliphatic rings. The van der Waals surface area contributed by atoms with Gasteiger partial charge < -0.3 is 20.3 Å². The highest BCUT2D eigenvalue weighted by Crippen LogP contribution is 2.29. The maximum absolute atomic E-state index is 12.9. The number of hydrogen-bond acceptors (Lipinski definition) is 4. The first-order valence-corrected chi connectivity index (χ1v) is 10.3. The Kier molecular flexibility index (Phi) is 7.57. The van der Waals surface area contributed by atoms with Crippen LogP contribution in [0.15, 0.2) is 36.9 Å². The molecular weight excluding hydrogens is 389 g/mol. The zero-order valence-electron chi connectivity index (χ0n) is 16.9. The predicted molar refractivity (Wildman–Crippen MR) is 109 cm³/mol. The van der Waals surface area contributed by atoms with Crippen molar-refractivity contribution in [1.29, 1.82) is 0 Å². The molecule has 1 aromatic rings. The van der Waals surface area contributed by atoms with Gasteiger partial charge in [-0.1, -0.05) is 18.7 Å². The molecule has 0 aliphatic carbocycles. The molecule has 0 aromatic heterocycles. The van der Waals surface area contributed by atoms with Crippen molar-refractivity contribution in [2.24, 2.45) is 5.92 Å². The number of hydrogen-bond donors (Lipinski definition) is 2. The molecule has 0 bridgehead atoms. The van der Waals surface area contributed by atoms with E-state index in [2.05, 4.69) is 17.2 Å². The van der Waals surface area contributed by atoms with E-state index in [-0.39, 0.29) is 36.3 Å². The first-order valence-electron chi connectivity index (χ1n) is 10.3. The molecule has 2 fully saturated rings. The molecule has 0 spiro atoms. The van der Waals surface area contributed by atoms with E-state index in [0.717, 1.165) is 18.4 Å². The van der Waals surface area contributed by atoms with Gasteiger partial charge in [0.25, 0.3) is 0 Å². The fourth-order valence-corrected chi connectivity index (χ4v) is 4.10. The molecule has 2 saturated heterocycles. The number of piperidine rings is 1. The average molecular weight is 417 g/mol. The van der Waals surface area contributed by atoms with Crippen molar-refractivity contribution in [3.8, 4) is 0 Å². The Morgan fingerprint density at radius 2 is 1.87 bits per heavy atom. The quantitative estimate of drug-likeness (QED) is 0.562. The lowest BCUT2D eigenvalue weighted by Gasteiger charge is -2.41. The lowest BCUT2D eigenvalue weighted by molar-refractivity contribution is -0.147. The van der Waals surface area contributed by atoms with Gasteiger partial charge in [-0.3, -0.25) is 14.4 Å². The summed E-state index contributed by atoms with van der Waals surface area (Å²) in [6.45, 7) is 5.26. The first kappa shape index (κ1) is 22.0. The van der Waals surface area contributed by atoms with Crippen molar-refractivity contribution in [2.45, 2.75) is 44.4 Å². The smallest absolute Gasteiger partial charge is 0.311 e. The molecule has 2 unspecified atom stereocenters. The lowest BCUT2D eigenvalue weighted by Crippen LogP contribution is -2.53. The molecule has 1 aromatic carbocycles. The Morgan fingerprint density at radius 1 is 1.17 bits per heavy atom. The minimum atomic E-state index is -0.664. The van der Waals surface area contributed by atoms with E-state index in [4.69, 9.17) is 4.74 Å². The van der Waals surface area contributed by atoms with Crippen LogP contribution in [0, 0.1) is 11.7 Å². The van der Waals surface area contributed by atoms with Crippen molar-refractivity contribution in [1.82, 2.24) is 15.5 Å². The van der Waals surface area contributed by atoms with E-state index in [1.807, 2.05) is 0 Å². The Hall–Kier alpha value is -2.74. The summed E-state index contributed by atoms with van der Waals surface area (Å²) in [7, 11) is 0. The Labute approximate surface area is 175 Å². The van der Waals surface area contributed by atoms with Gasteiger partial charge in [-0.25, -0.2) is 4.39 Å². The van der Waals surface area contributed by atoms with Crippen molar-refractivity contribution in [2.75, 3.05) is 19.7 Å². The molecule has 162 valence electrons. The van der Waals surface area contributed by atoms with Gasteiger partial charge in [0.2, 0.25) is 5.91 Å². The summed E-state index contributed by atoms with van der Waals surface area (Å²) in [5, 5.41) is 5.54. The standard InChI is InChI=1S/C22H28FN3O4/c1-2-19(27)25-18-4-3-13-30-20(18)16-9-11-26(12-10-16)22(29)21(28)24-14-15-5-7-17(23)8-6-15/h2,5-8,16,18,20H,1,3-4,9-14H2,(H,24,28)(H,25,27). The Balaban J connectivity index is 1.48. The largest absolute Gasteiger partial charge is 0.376 e. The summed E-state index contributed by atoms with van der Waals surface area (Å²) in [4.78, 5) is 37.9. The number of carbonyl (C=O) groups excluding carboxylic acids is 3. The topological polar surface area (TPSA) is 87.7 Å². The van der Waals surface area contributed by atoms with Crippen LogP contribution in [0.2, 0.25) is 0 Å². The molecule has 2 aliphatic heterocycles. The minimum Gasteiger partial charge on any atom is -0.376 e. The Bertz CT molecular complexity index is 775. The van der Waals surface area contributed by atoms with E-state index in [1.54, 1.807) is 17.0 Å². The molecule has 8 heteroatoms. The molecular formula is C22H28FN3O4. The number of nitrogens with one attached hydrogen (secondary N) is 2. The van der Waals surface area contributed by atoms with Crippen LogP contribution < -0.4 is 10.6 Å². The van der Waals surface area contributed by atoms with Gasteiger partial charge in [-0.05, 0) is 55.4 Å². The highest BCUT2D eigenvalue weighted by molar-refractivity contribution is 6.34. The average Bonchev–Trinajstić information content (AvgIpc) is 2.78. The second-order valence-electron chi connectivity index (χ2n) is 7.74. The summed E-state index contributed by atoms with van der Waals surface area (Å²) in [5.41, 5.74) is 0.721. The second kappa shape index (κ2) is 10.3. The third-order valence-corrected chi connectivity index (χ3v) is 5.73. The second-order valence-corrected chi connectivity index (χ2v) is 7.74. The van der Waals surface area contributed by atoms with Gasteiger partial charge in [0.1, 0.15) is 5.82 Å². The summed E-state index contributed by atoms with van der Waals surface area (Å²) >= 11 is 0. The fraction of sp³-hybridized carbons (Fsp3) is 0.500. The molecule has 3 amide bonds. The van der Waals surface area contributed by atoms with Crippen LogP contribution in [-0.2, 0) is 25.7 Å². The monoisotopic (exact) mass is 417 g/mol. The number of benzene rings is 1. The third kappa shape index (κ3) is 5.66. The summed E-state index contributed by atoms with van der Waals surface area (Å²) < 4.78 is 18.9. The van der Waals surface area contributed by atoms with Crippen LogP contribution in [-0.4, -0.2) is 54.5 Å². The number of halogens is 1. The van der Waals surface area contributed by atoms with Crippen LogP contribution in [0.3, 0.4) is 0 Å². The highest BCUT2D eigenvalue weighted by atomic mass is 19.1. The Morgan fingerprint density at radius 3 is 2.53 bits per heavy atom. The summed E-state index contributed by atoms with van der Waals surface area (Å²) in [5.74, 6) is -1.57. The van der Waals surface area contributed by atoms with Gasteiger partial charge in [-0.15, -0.1) is 0 Å². The van der Waals surface area contributed by atoms with Gasteiger partial charge in [-0.2, -0.15) is 0 Å². The van der Waals surface area contributed by atoms with Crippen LogP contribution in [0.5, 0.6) is 0 Å². The van der Waals surface area contributed by atoms with Crippen LogP contribution in [0.4, 0.5) is 4.39 Å². The SMILES string of the molecule is C=CC(=O)NC1CCCOC1C1CCN(C(=O)C(=O)NCc2ccc(F)cc2)CC1. The molecule has 0 saturated carbocycles.